The first-order valence-corrected chi connectivity index (χ1v) is 7.87. The molecule has 7 heteroatoms. The molecular weight excluding hydrogens is 336 g/mol. The molecule has 0 amide bonds. The lowest BCUT2D eigenvalue weighted by atomic mass is 10.2. The van der Waals surface area contributed by atoms with Gasteiger partial charge in [0, 0.05) is 19.2 Å². The molecule has 7 nitrogen and oxygen atoms in total. The smallest absolute Gasteiger partial charge is 0.338 e. The predicted molar refractivity (Wildman–Crippen MR) is 93.1 cm³/mol. The summed E-state index contributed by atoms with van der Waals surface area (Å²) >= 11 is 0. The highest BCUT2D eigenvalue weighted by Crippen LogP contribution is 2.14. The maximum atomic E-state index is 12.1. The molecule has 0 spiro atoms. The van der Waals surface area contributed by atoms with Crippen LogP contribution in [-0.2, 0) is 16.1 Å². The summed E-state index contributed by atoms with van der Waals surface area (Å²) in [6.07, 6.45) is 1.64. The molecule has 0 fully saturated rings. The van der Waals surface area contributed by atoms with Crippen molar-refractivity contribution in [1.29, 1.82) is 0 Å². The number of aromatic nitrogens is 2. The molecule has 0 N–H and O–H groups in total. The lowest BCUT2D eigenvalue weighted by Gasteiger charge is -2.08. The molecule has 2 aromatic heterocycles. The molecule has 132 valence electrons. The van der Waals surface area contributed by atoms with E-state index >= 15 is 0 Å². The number of fused-ring (bicyclic) bond motifs is 1. The number of nitrogens with zero attached hydrogens (tertiary/aromatic N) is 2. The first kappa shape index (κ1) is 17.3. The number of rotatable bonds is 4. The Balaban J connectivity index is 1.73. The van der Waals surface area contributed by atoms with E-state index in [9.17, 15) is 14.4 Å². The highest BCUT2D eigenvalue weighted by atomic mass is 16.5. The van der Waals surface area contributed by atoms with Gasteiger partial charge in [-0.05, 0) is 42.8 Å². The molecular formula is C19H16N2O5. The van der Waals surface area contributed by atoms with Crippen LogP contribution in [0.15, 0.2) is 53.5 Å². The number of esters is 2. The van der Waals surface area contributed by atoms with E-state index in [4.69, 9.17) is 9.47 Å². The molecule has 0 bridgehead atoms. The van der Waals surface area contributed by atoms with E-state index in [2.05, 4.69) is 4.98 Å². The molecule has 0 aliphatic carbocycles. The molecule has 0 aliphatic heterocycles. The second kappa shape index (κ2) is 7.18. The maximum Gasteiger partial charge on any atom is 0.338 e. The minimum absolute atomic E-state index is 0.120. The lowest BCUT2D eigenvalue weighted by molar-refractivity contribution is -0.131. The molecule has 0 aliphatic rings. The molecule has 0 atom stereocenters. The molecule has 3 rings (SSSR count). The van der Waals surface area contributed by atoms with Crippen LogP contribution in [0.4, 0.5) is 0 Å². The van der Waals surface area contributed by atoms with Gasteiger partial charge >= 0.3 is 11.9 Å². The van der Waals surface area contributed by atoms with Gasteiger partial charge in [0.2, 0.25) is 0 Å². The van der Waals surface area contributed by atoms with Crippen molar-refractivity contribution in [2.45, 2.75) is 20.5 Å². The molecule has 3 aromatic rings. The number of carbonyl (C=O) groups excluding carboxylic acids is 2. The number of ether oxygens (including phenoxy) is 2. The van der Waals surface area contributed by atoms with Crippen molar-refractivity contribution in [3.63, 3.8) is 0 Å². The summed E-state index contributed by atoms with van der Waals surface area (Å²) in [5.74, 6) is -0.663. The number of carbonyl (C=O) groups is 2. The normalized spacial score (nSPS) is 10.5. The van der Waals surface area contributed by atoms with E-state index in [0.29, 0.717) is 22.7 Å². The molecule has 0 radical (unpaired) electrons. The predicted octanol–water partition coefficient (Wildman–Crippen LogP) is 2.29. The maximum absolute atomic E-state index is 12.1. The van der Waals surface area contributed by atoms with Gasteiger partial charge in [0.1, 0.15) is 18.0 Å². The zero-order valence-corrected chi connectivity index (χ0v) is 14.3. The lowest BCUT2D eigenvalue weighted by Crippen LogP contribution is -2.17. The van der Waals surface area contributed by atoms with E-state index in [1.165, 1.54) is 41.7 Å². The first-order chi connectivity index (χ1) is 12.4. The number of pyridine rings is 1. The van der Waals surface area contributed by atoms with E-state index in [0.717, 1.165) is 5.56 Å². The van der Waals surface area contributed by atoms with Crippen LogP contribution in [0.1, 0.15) is 28.5 Å². The fourth-order valence-corrected chi connectivity index (χ4v) is 2.43. The number of aryl methyl sites for hydroxylation is 1. The SMILES string of the molecule is CC(=O)Oc1ccc(C(=O)OCc2cc(=O)n3cccc(C)c3n2)cc1. The molecule has 0 saturated heterocycles. The van der Waals surface area contributed by atoms with Gasteiger partial charge in [-0.1, -0.05) is 6.07 Å². The van der Waals surface area contributed by atoms with Gasteiger partial charge in [-0.15, -0.1) is 0 Å². The number of benzene rings is 1. The van der Waals surface area contributed by atoms with Crippen molar-refractivity contribution >= 4 is 17.6 Å². The average Bonchev–Trinajstić information content (AvgIpc) is 2.61. The minimum atomic E-state index is -0.564. The Morgan fingerprint density at radius 3 is 2.58 bits per heavy atom. The van der Waals surface area contributed by atoms with E-state index in [1.807, 2.05) is 13.0 Å². The van der Waals surface area contributed by atoms with Gasteiger partial charge in [0.15, 0.2) is 0 Å². The Morgan fingerprint density at radius 1 is 1.15 bits per heavy atom. The summed E-state index contributed by atoms with van der Waals surface area (Å²) in [5, 5.41) is 0. The molecule has 26 heavy (non-hydrogen) atoms. The summed E-state index contributed by atoms with van der Waals surface area (Å²) in [4.78, 5) is 39.5. The van der Waals surface area contributed by atoms with Crippen LogP contribution in [0.25, 0.3) is 5.65 Å². The standard InChI is InChI=1S/C19H16N2O5/c1-12-4-3-9-21-17(23)10-15(20-18(12)21)11-25-19(24)14-5-7-16(8-6-14)26-13(2)22/h3-10H,11H2,1-2H3. The minimum Gasteiger partial charge on any atom is -0.456 e. The monoisotopic (exact) mass is 352 g/mol. The van der Waals surface area contributed by atoms with Crippen molar-refractivity contribution in [2.75, 3.05) is 0 Å². The topological polar surface area (TPSA) is 87.0 Å². The van der Waals surface area contributed by atoms with Crippen LogP contribution in [0, 0.1) is 6.92 Å². The Kier molecular flexibility index (Phi) is 4.79. The van der Waals surface area contributed by atoms with E-state index < -0.39 is 11.9 Å². The van der Waals surface area contributed by atoms with Crippen molar-refractivity contribution < 1.29 is 19.1 Å². The molecule has 0 saturated carbocycles. The van der Waals surface area contributed by atoms with Gasteiger partial charge in [0.05, 0.1) is 11.3 Å². The molecule has 2 heterocycles. The fourth-order valence-electron chi connectivity index (χ4n) is 2.43. The second-order valence-electron chi connectivity index (χ2n) is 5.66. The van der Waals surface area contributed by atoms with Crippen LogP contribution in [0.3, 0.4) is 0 Å². The van der Waals surface area contributed by atoms with Crippen molar-refractivity contribution in [3.8, 4) is 5.75 Å². The summed E-state index contributed by atoms with van der Waals surface area (Å²) in [6, 6.07) is 10.9. The van der Waals surface area contributed by atoms with Crippen molar-refractivity contribution in [3.05, 3.63) is 75.8 Å². The van der Waals surface area contributed by atoms with Gasteiger partial charge in [-0.2, -0.15) is 0 Å². The van der Waals surface area contributed by atoms with Gasteiger partial charge in [0.25, 0.3) is 5.56 Å². The summed E-state index contributed by atoms with van der Waals surface area (Å²) in [6.45, 7) is 3.02. The van der Waals surface area contributed by atoms with Gasteiger partial charge in [-0.25, -0.2) is 9.78 Å². The van der Waals surface area contributed by atoms with Crippen LogP contribution in [0.2, 0.25) is 0 Å². The third kappa shape index (κ3) is 3.77. The van der Waals surface area contributed by atoms with E-state index in [1.54, 1.807) is 12.3 Å². The van der Waals surface area contributed by atoms with Gasteiger partial charge in [-0.3, -0.25) is 14.0 Å². The summed E-state index contributed by atoms with van der Waals surface area (Å²) in [7, 11) is 0. The van der Waals surface area contributed by atoms with Crippen molar-refractivity contribution in [2.24, 2.45) is 0 Å². The van der Waals surface area contributed by atoms with Crippen LogP contribution in [0.5, 0.6) is 5.75 Å². The second-order valence-corrected chi connectivity index (χ2v) is 5.66. The zero-order valence-electron chi connectivity index (χ0n) is 14.3. The molecule has 0 unspecified atom stereocenters. The third-order valence-electron chi connectivity index (χ3n) is 3.64. The average molecular weight is 352 g/mol. The number of hydrogen-bond donors (Lipinski definition) is 0. The highest BCUT2D eigenvalue weighted by Gasteiger charge is 2.10. The van der Waals surface area contributed by atoms with Crippen molar-refractivity contribution in [1.82, 2.24) is 9.38 Å². The first-order valence-electron chi connectivity index (χ1n) is 7.87. The van der Waals surface area contributed by atoms with E-state index in [-0.39, 0.29) is 12.2 Å². The Labute approximate surface area is 148 Å². The zero-order chi connectivity index (χ0) is 18.7. The van der Waals surface area contributed by atoms with Crippen LogP contribution >= 0.6 is 0 Å². The fraction of sp³-hybridized carbons (Fsp3) is 0.158. The Morgan fingerprint density at radius 2 is 1.88 bits per heavy atom. The van der Waals surface area contributed by atoms with Crippen LogP contribution in [-0.4, -0.2) is 21.3 Å². The Bertz CT molecular complexity index is 1040. The van der Waals surface area contributed by atoms with Gasteiger partial charge < -0.3 is 9.47 Å². The molecule has 1 aromatic carbocycles. The quantitative estimate of drug-likeness (QED) is 0.529. The third-order valence-corrected chi connectivity index (χ3v) is 3.64. The number of hydrogen-bond acceptors (Lipinski definition) is 6. The Hall–Kier alpha value is -3.48. The largest absolute Gasteiger partial charge is 0.456 e. The summed E-state index contributed by atoms with van der Waals surface area (Å²) in [5.41, 5.74) is 1.80. The summed E-state index contributed by atoms with van der Waals surface area (Å²) < 4.78 is 11.6. The highest BCUT2D eigenvalue weighted by molar-refractivity contribution is 5.89. The van der Waals surface area contributed by atoms with Crippen LogP contribution < -0.4 is 10.3 Å².